The van der Waals surface area contributed by atoms with Gasteiger partial charge in [-0.25, -0.2) is 0 Å². The summed E-state index contributed by atoms with van der Waals surface area (Å²) in [6.45, 7) is 0.720. The highest BCUT2D eigenvalue weighted by Gasteiger charge is 2.20. The third-order valence-electron chi connectivity index (χ3n) is 4.04. The van der Waals surface area contributed by atoms with E-state index in [9.17, 15) is 0 Å². The lowest BCUT2D eigenvalue weighted by Crippen LogP contribution is -2.29. The minimum absolute atomic E-state index is 0.456. The molecule has 21 heavy (non-hydrogen) atoms. The predicted octanol–water partition coefficient (Wildman–Crippen LogP) is 2.82. The van der Waals surface area contributed by atoms with Crippen LogP contribution in [0.3, 0.4) is 0 Å². The number of hydrogen-bond acceptors (Lipinski definition) is 3. The fourth-order valence-corrected chi connectivity index (χ4v) is 2.94. The highest BCUT2D eigenvalue weighted by atomic mass is 16.5. The van der Waals surface area contributed by atoms with Crippen LogP contribution in [0.15, 0.2) is 42.5 Å². The second-order valence-corrected chi connectivity index (χ2v) is 5.39. The van der Waals surface area contributed by atoms with Crippen molar-refractivity contribution in [2.75, 3.05) is 7.11 Å². The van der Waals surface area contributed by atoms with Crippen molar-refractivity contribution in [3.8, 4) is 11.8 Å². The van der Waals surface area contributed by atoms with Gasteiger partial charge in [-0.2, -0.15) is 5.26 Å². The molecule has 3 rings (SSSR count). The molecule has 0 radical (unpaired) electrons. The molecule has 0 bridgehead atoms. The molecular weight excluding hydrogens is 260 g/mol. The summed E-state index contributed by atoms with van der Waals surface area (Å²) in [4.78, 5) is 0. The van der Waals surface area contributed by atoms with Crippen LogP contribution in [0.2, 0.25) is 0 Å². The second-order valence-electron chi connectivity index (χ2n) is 5.39. The molecule has 0 saturated heterocycles. The maximum absolute atomic E-state index is 9.01. The average Bonchev–Trinajstić information content (AvgIpc) is 2.95. The second kappa shape index (κ2) is 5.99. The number of benzene rings is 2. The lowest BCUT2D eigenvalue weighted by molar-refractivity contribution is 0.405. The molecule has 3 nitrogen and oxygen atoms in total. The summed E-state index contributed by atoms with van der Waals surface area (Å²) in [5, 5.41) is 12.6. The van der Waals surface area contributed by atoms with Crippen LogP contribution in [0.4, 0.5) is 0 Å². The molecule has 1 aliphatic rings. The SMILES string of the molecule is COc1ccc(C#N)cc1CNC1Cc2ccccc2C1. The van der Waals surface area contributed by atoms with Gasteiger partial charge in [0.1, 0.15) is 5.75 Å². The van der Waals surface area contributed by atoms with Crippen LogP contribution >= 0.6 is 0 Å². The highest BCUT2D eigenvalue weighted by Crippen LogP contribution is 2.23. The van der Waals surface area contributed by atoms with Crippen molar-refractivity contribution in [2.24, 2.45) is 0 Å². The Bertz CT molecular complexity index is 663. The van der Waals surface area contributed by atoms with E-state index in [1.165, 1.54) is 11.1 Å². The van der Waals surface area contributed by atoms with Gasteiger partial charge < -0.3 is 10.1 Å². The first-order valence-corrected chi connectivity index (χ1v) is 7.17. The Kier molecular flexibility index (Phi) is 3.89. The molecule has 1 N–H and O–H groups in total. The molecule has 106 valence electrons. The number of ether oxygens (including phenoxy) is 1. The summed E-state index contributed by atoms with van der Waals surface area (Å²) in [7, 11) is 1.66. The zero-order valence-electron chi connectivity index (χ0n) is 12.1. The molecule has 0 amide bonds. The van der Waals surface area contributed by atoms with E-state index in [1.807, 2.05) is 12.1 Å². The highest BCUT2D eigenvalue weighted by molar-refractivity contribution is 5.42. The number of fused-ring (bicyclic) bond motifs is 1. The number of hydrogen-bond donors (Lipinski definition) is 1. The monoisotopic (exact) mass is 278 g/mol. The Morgan fingerprint density at radius 3 is 2.52 bits per heavy atom. The van der Waals surface area contributed by atoms with Gasteiger partial charge in [-0.3, -0.25) is 0 Å². The fourth-order valence-electron chi connectivity index (χ4n) is 2.94. The van der Waals surface area contributed by atoms with Crippen molar-refractivity contribution < 1.29 is 4.74 Å². The molecule has 2 aromatic carbocycles. The van der Waals surface area contributed by atoms with Crippen LogP contribution in [0.5, 0.6) is 5.75 Å². The number of nitriles is 1. The van der Waals surface area contributed by atoms with E-state index >= 15 is 0 Å². The van der Waals surface area contributed by atoms with Crippen LogP contribution < -0.4 is 10.1 Å². The minimum atomic E-state index is 0.456. The van der Waals surface area contributed by atoms with Gasteiger partial charge in [0.15, 0.2) is 0 Å². The van der Waals surface area contributed by atoms with Crippen molar-refractivity contribution in [2.45, 2.75) is 25.4 Å². The van der Waals surface area contributed by atoms with E-state index in [0.717, 1.165) is 30.7 Å². The first-order chi connectivity index (χ1) is 10.3. The minimum Gasteiger partial charge on any atom is -0.496 e. The van der Waals surface area contributed by atoms with Gasteiger partial charge in [-0.05, 0) is 42.2 Å². The predicted molar refractivity (Wildman–Crippen MR) is 82.2 cm³/mol. The summed E-state index contributed by atoms with van der Waals surface area (Å²) in [6.07, 6.45) is 2.13. The molecule has 0 aliphatic heterocycles. The van der Waals surface area contributed by atoms with Gasteiger partial charge in [0, 0.05) is 18.2 Å². The molecule has 0 spiro atoms. The number of nitrogens with zero attached hydrogens (tertiary/aromatic N) is 1. The van der Waals surface area contributed by atoms with Gasteiger partial charge in [0.25, 0.3) is 0 Å². The Hall–Kier alpha value is -2.31. The van der Waals surface area contributed by atoms with E-state index in [2.05, 4.69) is 35.7 Å². The molecule has 0 heterocycles. The maximum Gasteiger partial charge on any atom is 0.123 e. The molecule has 1 aliphatic carbocycles. The summed E-state index contributed by atoms with van der Waals surface area (Å²) in [5.41, 5.74) is 4.58. The van der Waals surface area contributed by atoms with Crippen molar-refractivity contribution in [1.29, 1.82) is 5.26 Å². The van der Waals surface area contributed by atoms with Crippen LogP contribution in [0.1, 0.15) is 22.3 Å². The van der Waals surface area contributed by atoms with Gasteiger partial charge in [0.2, 0.25) is 0 Å². The van der Waals surface area contributed by atoms with Gasteiger partial charge in [-0.15, -0.1) is 0 Å². The first-order valence-electron chi connectivity index (χ1n) is 7.17. The zero-order valence-corrected chi connectivity index (χ0v) is 12.1. The van der Waals surface area contributed by atoms with E-state index in [-0.39, 0.29) is 0 Å². The Morgan fingerprint density at radius 1 is 1.19 bits per heavy atom. The number of methoxy groups -OCH3 is 1. The first kappa shape index (κ1) is 13.7. The Labute approximate surface area is 125 Å². The molecule has 0 unspecified atom stereocenters. The van der Waals surface area contributed by atoms with Crippen molar-refractivity contribution in [3.63, 3.8) is 0 Å². The maximum atomic E-state index is 9.01. The quantitative estimate of drug-likeness (QED) is 0.935. The van der Waals surface area contributed by atoms with E-state index in [0.29, 0.717) is 11.6 Å². The molecule has 0 saturated carbocycles. The largest absolute Gasteiger partial charge is 0.496 e. The molecule has 0 atom stereocenters. The summed E-state index contributed by atoms with van der Waals surface area (Å²) in [6, 6.07) is 16.8. The molecule has 0 aromatic heterocycles. The zero-order chi connectivity index (χ0) is 14.7. The van der Waals surface area contributed by atoms with Gasteiger partial charge in [-0.1, -0.05) is 24.3 Å². The van der Waals surface area contributed by atoms with Crippen LogP contribution in [-0.4, -0.2) is 13.2 Å². The van der Waals surface area contributed by atoms with Crippen LogP contribution in [0.25, 0.3) is 0 Å². The summed E-state index contributed by atoms with van der Waals surface area (Å²) in [5.74, 6) is 0.831. The van der Waals surface area contributed by atoms with Crippen molar-refractivity contribution in [1.82, 2.24) is 5.32 Å². The Balaban J connectivity index is 1.68. The van der Waals surface area contributed by atoms with E-state index in [1.54, 1.807) is 13.2 Å². The fraction of sp³-hybridized carbons (Fsp3) is 0.278. The van der Waals surface area contributed by atoms with E-state index < -0.39 is 0 Å². The van der Waals surface area contributed by atoms with Gasteiger partial charge in [0.05, 0.1) is 18.7 Å². The third kappa shape index (κ3) is 2.91. The van der Waals surface area contributed by atoms with E-state index in [4.69, 9.17) is 10.00 Å². The smallest absolute Gasteiger partial charge is 0.123 e. The van der Waals surface area contributed by atoms with Crippen LogP contribution in [0, 0.1) is 11.3 Å². The standard InChI is InChI=1S/C18H18N2O/c1-21-18-7-6-13(11-19)8-16(18)12-20-17-9-14-4-2-3-5-15(14)10-17/h2-8,17,20H,9-10,12H2,1H3. The molecule has 3 heteroatoms. The topological polar surface area (TPSA) is 45.0 Å². The average molecular weight is 278 g/mol. The summed E-state index contributed by atoms with van der Waals surface area (Å²) < 4.78 is 5.37. The lowest BCUT2D eigenvalue weighted by Gasteiger charge is -2.14. The van der Waals surface area contributed by atoms with Crippen LogP contribution in [-0.2, 0) is 19.4 Å². The molecule has 0 fully saturated rings. The lowest BCUT2D eigenvalue weighted by atomic mass is 10.1. The Morgan fingerprint density at radius 2 is 1.90 bits per heavy atom. The number of nitrogens with one attached hydrogen (secondary N) is 1. The van der Waals surface area contributed by atoms with Gasteiger partial charge >= 0.3 is 0 Å². The number of rotatable bonds is 4. The van der Waals surface area contributed by atoms with Crippen molar-refractivity contribution in [3.05, 3.63) is 64.7 Å². The normalized spacial score (nSPS) is 13.7. The third-order valence-corrected chi connectivity index (χ3v) is 4.04. The molecular formula is C18H18N2O. The summed E-state index contributed by atoms with van der Waals surface area (Å²) >= 11 is 0. The molecule has 2 aromatic rings. The van der Waals surface area contributed by atoms with Crippen molar-refractivity contribution >= 4 is 0 Å².